The minimum Gasteiger partial charge on any atom is -0.494 e. The molecule has 1 amide bonds. The monoisotopic (exact) mass is 558 g/mol. The maximum absolute atomic E-state index is 13.6. The van der Waals surface area contributed by atoms with Gasteiger partial charge in [-0.1, -0.05) is 0 Å². The summed E-state index contributed by atoms with van der Waals surface area (Å²) in [7, 11) is 3.76. The summed E-state index contributed by atoms with van der Waals surface area (Å²) in [5.41, 5.74) is 6.39. The predicted molar refractivity (Wildman–Crippen MR) is 158 cm³/mol. The van der Waals surface area contributed by atoms with Crippen LogP contribution in [0.3, 0.4) is 0 Å². The standard InChI is InChI=1S/C32H38N4O3S/c1-34-30-25(12-21(13-27(30)39-2)32(38)35-16-19-5-8-22(35)11-19)33-31(34)26-14-28-29(36(26)15-18-3-4-18)24(17-40-28)20-6-9-23(37)10-7-20/h12-14,17-20,22-23,37H,3-11,15-16H2,1-2H3/t19-,20?,22+,23?/m0/s1. The number of imidazole rings is 1. The van der Waals surface area contributed by atoms with E-state index in [0.717, 1.165) is 80.1 Å². The van der Waals surface area contributed by atoms with Gasteiger partial charge >= 0.3 is 0 Å². The summed E-state index contributed by atoms with van der Waals surface area (Å²) < 4.78 is 11.9. The number of aliphatic hydroxyl groups is 1. The summed E-state index contributed by atoms with van der Waals surface area (Å²) in [5, 5.41) is 12.5. The van der Waals surface area contributed by atoms with Gasteiger partial charge in [0.2, 0.25) is 0 Å². The Morgan fingerprint density at radius 2 is 1.90 bits per heavy atom. The lowest BCUT2D eigenvalue weighted by molar-refractivity contribution is 0.0703. The third kappa shape index (κ3) is 3.93. The molecule has 8 heteroatoms. The van der Waals surface area contributed by atoms with Gasteiger partial charge in [0.15, 0.2) is 5.82 Å². The molecular formula is C32H38N4O3S. The number of ether oxygens (including phenoxy) is 1. The van der Waals surface area contributed by atoms with Gasteiger partial charge < -0.3 is 23.9 Å². The molecule has 4 aromatic rings. The Bertz CT molecular complexity index is 1620. The van der Waals surface area contributed by atoms with Gasteiger partial charge in [-0.25, -0.2) is 4.98 Å². The van der Waals surface area contributed by atoms with Gasteiger partial charge in [0.05, 0.1) is 34.6 Å². The highest BCUT2D eigenvalue weighted by Crippen LogP contribution is 2.45. The van der Waals surface area contributed by atoms with E-state index in [0.29, 0.717) is 29.2 Å². The number of hydrogen-bond donors (Lipinski definition) is 1. The molecule has 3 saturated carbocycles. The van der Waals surface area contributed by atoms with E-state index in [1.807, 2.05) is 23.5 Å². The second-order valence-corrected chi connectivity index (χ2v) is 13.7. The number of aliphatic hydroxyl groups excluding tert-OH is 1. The Morgan fingerprint density at radius 1 is 1.07 bits per heavy atom. The smallest absolute Gasteiger partial charge is 0.254 e. The maximum atomic E-state index is 13.6. The van der Waals surface area contributed by atoms with E-state index >= 15 is 0 Å². The number of benzene rings is 1. The molecule has 4 aliphatic rings. The fourth-order valence-corrected chi connectivity index (χ4v) is 8.94. The number of aromatic nitrogens is 3. The van der Waals surface area contributed by atoms with Crippen LogP contribution in [0.2, 0.25) is 0 Å². The molecule has 0 unspecified atom stereocenters. The molecule has 40 heavy (non-hydrogen) atoms. The van der Waals surface area contributed by atoms with Crippen LogP contribution in [-0.2, 0) is 13.6 Å². The summed E-state index contributed by atoms with van der Waals surface area (Å²) in [5.74, 6) is 3.63. The molecule has 1 saturated heterocycles. The van der Waals surface area contributed by atoms with E-state index in [2.05, 4.69) is 32.5 Å². The van der Waals surface area contributed by atoms with Gasteiger partial charge in [0, 0.05) is 31.7 Å². The SMILES string of the molecule is COc1cc(C(=O)N2C[C@H]3CC[C@@H]2C3)cc2nc(-c3cc4scc(C5CCC(O)CC5)c4n3CC3CC3)n(C)c12. The zero-order chi connectivity index (χ0) is 27.1. The number of carbonyl (C=O) groups excluding carboxylic acids is 1. The molecule has 2 atom stereocenters. The number of likely N-dealkylation sites (tertiary alicyclic amines) is 1. The van der Waals surface area contributed by atoms with Crippen LogP contribution in [0.25, 0.3) is 32.8 Å². The number of nitrogens with zero attached hydrogens (tertiary/aromatic N) is 4. The van der Waals surface area contributed by atoms with Gasteiger partial charge in [-0.15, -0.1) is 11.3 Å². The molecular weight excluding hydrogens is 520 g/mol. The fourth-order valence-electron chi connectivity index (χ4n) is 7.86. The largest absolute Gasteiger partial charge is 0.494 e. The number of rotatable bonds is 6. The first-order valence-corrected chi connectivity index (χ1v) is 16.0. The summed E-state index contributed by atoms with van der Waals surface area (Å²) >= 11 is 1.84. The van der Waals surface area contributed by atoms with E-state index in [-0.39, 0.29) is 12.0 Å². The fraction of sp³-hybridized carbons (Fsp3) is 0.562. The normalized spacial score (nSPS) is 26.4. The summed E-state index contributed by atoms with van der Waals surface area (Å²) in [4.78, 5) is 20.9. The molecule has 0 spiro atoms. The number of carbonyl (C=O) groups is 1. The summed E-state index contributed by atoms with van der Waals surface area (Å²) in [6, 6.07) is 6.60. The van der Waals surface area contributed by atoms with Crippen molar-refractivity contribution < 1.29 is 14.6 Å². The van der Waals surface area contributed by atoms with E-state index in [1.165, 1.54) is 35.0 Å². The molecule has 2 bridgehead atoms. The van der Waals surface area contributed by atoms with Crippen molar-refractivity contribution in [3.8, 4) is 17.3 Å². The van der Waals surface area contributed by atoms with Gasteiger partial charge in [-0.05, 0) is 105 Å². The van der Waals surface area contributed by atoms with Crippen molar-refractivity contribution in [1.29, 1.82) is 0 Å². The Kier molecular flexibility index (Phi) is 5.82. The molecule has 3 aliphatic carbocycles. The zero-order valence-corrected chi connectivity index (χ0v) is 24.3. The van der Waals surface area contributed by atoms with E-state index in [9.17, 15) is 9.90 Å². The first-order chi connectivity index (χ1) is 19.5. The van der Waals surface area contributed by atoms with Gasteiger partial charge in [0.25, 0.3) is 5.91 Å². The van der Waals surface area contributed by atoms with Crippen molar-refractivity contribution in [2.24, 2.45) is 18.9 Å². The van der Waals surface area contributed by atoms with Crippen LogP contribution in [0.1, 0.15) is 79.6 Å². The van der Waals surface area contributed by atoms with Crippen molar-refractivity contribution in [3.05, 3.63) is 34.7 Å². The van der Waals surface area contributed by atoms with Gasteiger partial charge in [-0.2, -0.15) is 0 Å². The summed E-state index contributed by atoms with van der Waals surface area (Å²) in [6.45, 7) is 1.89. The van der Waals surface area contributed by atoms with Crippen molar-refractivity contribution in [2.45, 2.75) is 82.4 Å². The number of fused-ring (bicyclic) bond motifs is 4. The predicted octanol–water partition coefficient (Wildman–Crippen LogP) is 6.32. The highest BCUT2D eigenvalue weighted by atomic mass is 32.1. The Hall–Kier alpha value is -2.84. The number of methoxy groups -OCH3 is 1. The lowest BCUT2D eigenvalue weighted by atomic mass is 9.83. The van der Waals surface area contributed by atoms with Crippen LogP contribution >= 0.6 is 11.3 Å². The lowest BCUT2D eigenvalue weighted by Crippen LogP contribution is -2.37. The number of aryl methyl sites for hydroxylation is 1. The second-order valence-electron chi connectivity index (χ2n) is 12.8. The lowest BCUT2D eigenvalue weighted by Gasteiger charge is -2.27. The highest BCUT2D eigenvalue weighted by molar-refractivity contribution is 7.17. The third-order valence-electron chi connectivity index (χ3n) is 10.2. The van der Waals surface area contributed by atoms with Crippen molar-refractivity contribution in [2.75, 3.05) is 13.7 Å². The minimum absolute atomic E-state index is 0.111. The molecule has 1 aromatic carbocycles. The van der Waals surface area contributed by atoms with E-state index < -0.39 is 0 Å². The number of thiophene rings is 1. The highest BCUT2D eigenvalue weighted by Gasteiger charge is 2.40. The summed E-state index contributed by atoms with van der Waals surface area (Å²) in [6.07, 6.45) is 9.84. The quantitative estimate of drug-likeness (QED) is 0.301. The molecule has 1 N–H and O–H groups in total. The maximum Gasteiger partial charge on any atom is 0.254 e. The number of piperidine rings is 1. The average Bonchev–Trinajstić information content (AvgIpc) is 3.36. The van der Waals surface area contributed by atoms with Crippen LogP contribution in [0.5, 0.6) is 5.75 Å². The van der Waals surface area contributed by atoms with E-state index in [1.54, 1.807) is 7.11 Å². The van der Waals surface area contributed by atoms with Crippen molar-refractivity contribution in [1.82, 2.24) is 19.0 Å². The molecule has 210 valence electrons. The molecule has 4 heterocycles. The molecule has 7 nitrogen and oxygen atoms in total. The number of hydrogen-bond acceptors (Lipinski definition) is 5. The average molecular weight is 559 g/mol. The molecule has 4 fully saturated rings. The van der Waals surface area contributed by atoms with Crippen LogP contribution in [0.15, 0.2) is 23.6 Å². The van der Waals surface area contributed by atoms with Crippen LogP contribution in [0, 0.1) is 11.8 Å². The molecule has 0 radical (unpaired) electrons. The zero-order valence-electron chi connectivity index (χ0n) is 23.4. The minimum atomic E-state index is -0.147. The number of amides is 1. The first-order valence-electron chi connectivity index (χ1n) is 15.1. The van der Waals surface area contributed by atoms with Crippen LogP contribution < -0.4 is 4.74 Å². The van der Waals surface area contributed by atoms with E-state index in [4.69, 9.17) is 9.72 Å². The third-order valence-corrected chi connectivity index (χ3v) is 11.2. The molecule has 3 aromatic heterocycles. The Balaban J connectivity index is 1.23. The second kappa shape index (κ2) is 9.35. The molecule has 1 aliphatic heterocycles. The first kappa shape index (κ1) is 24.9. The van der Waals surface area contributed by atoms with Crippen LogP contribution in [0.4, 0.5) is 0 Å². The van der Waals surface area contributed by atoms with Crippen molar-refractivity contribution in [3.63, 3.8) is 0 Å². The van der Waals surface area contributed by atoms with Gasteiger partial charge in [-0.3, -0.25) is 4.79 Å². The topological polar surface area (TPSA) is 72.5 Å². The Morgan fingerprint density at radius 3 is 2.60 bits per heavy atom. The Labute approximate surface area is 238 Å². The molecule has 8 rings (SSSR count). The van der Waals surface area contributed by atoms with Crippen molar-refractivity contribution >= 4 is 38.5 Å². The van der Waals surface area contributed by atoms with Crippen LogP contribution in [-0.4, -0.2) is 55.8 Å². The van der Waals surface area contributed by atoms with Gasteiger partial charge in [0.1, 0.15) is 11.3 Å².